The van der Waals surface area contributed by atoms with E-state index < -0.39 is 29.7 Å². The molecule has 0 unspecified atom stereocenters. The molecular weight excluding hydrogens is 239 g/mol. The molecule has 7 heteroatoms. The van der Waals surface area contributed by atoms with Crippen molar-refractivity contribution in [3.05, 3.63) is 29.1 Å². The van der Waals surface area contributed by atoms with E-state index in [0.29, 0.717) is 0 Å². The Morgan fingerprint density at radius 2 is 2.12 bits per heavy atom. The van der Waals surface area contributed by atoms with Crippen LogP contribution in [0.25, 0.3) is 0 Å². The van der Waals surface area contributed by atoms with Crippen LogP contribution in [0, 0.1) is 17.1 Å². The van der Waals surface area contributed by atoms with Gasteiger partial charge in [0.25, 0.3) is 0 Å². The molecule has 0 N–H and O–H groups in total. The van der Waals surface area contributed by atoms with Gasteiger partial charge in [0.2, 0.25) is 0 Å². The average molecular weight is 245 g/mol. The third kappa shape index (κ3) is 2.87. The number of alkyl halides is 2. The molecule has 1 rings (SSSR count). The number of methoxy groups -OCH3 is 1. The van der Waals surface area contributed by atoms with Crippen LogP contribution in [0.1, 0.15) is 15.9 Å². The largest absolute Gasteiger partial charge is 0.465 e. The van der Waals surface area contributed by atoms with Gasteiger partial charge in [0.1, 0.15) is 17.1 Å². The maximum Gasteiger partial charge on any atom is 0.387 e. The molecule has 1 aromatic carbocycles. The smallest absolute Gasteiger partial charge is 0.387 e. The predicted molar refractivity (Wildman–Crippen MR) is 49.1 cm³/mol. The van der Waals surface area contributed by atoms with Crippen LogP contribution >= 0.6 is 0 Å². The molecular formula is C10H6F3NO3. The molecule has 17 heavy (non-hydrogen) atoms. The summed E-state index contributed by atoms with van der Waals surface area (Å²) < 4.78 is 45.7. The Morgan fingerprint density at radius 3 is 2.59 bits per heavy atom. The summed E-state index contributed by atoms with van der Waals surface area (Å²) in [4.78, 5) is 11.2. The highest BCUT2D eigenvalue weighted by Crippen LogP contribution is 2.26. The van der Waals surface area contributed by atoms with Crippen molar-refractivity contribution in [3.63, 3.8) is 0 Å². The van der Waals surface area contributed by atoms with Gasteiger partial charge in [0.05, 0.1) is 18.7 Å². The molecule has 0 amide bonds. The fourth-order valence-electron chi connectivity index (χ4n) is 1.14. The van der Waals surface area contributed by atoms with Gasteiger partial charge in [-0.3, -0.25) is 0 Å². The molecule has 0 heterocycles. The van der Waals surface area contributed by atoms with E-state index in [1.807, 2.05) is 0 Å². The minimum Gasteiger partial charge on any atom is -0.465 e. The van der Waals surface area contributed by atoms with Crippen LogP contribution in [0.15, 0.2) is 12.1 Å². The number of halogens is 3. The molecule has 0 aliphatic rings. The number of hydrogen-bond donors (Lipinski definition) is 0. The molecule has 0 aliphatic heterocycles. The van der Waals surface area contributed by atoms with Crippen LogP contribution < -0.4 is 4.74 Å². The van der Waals surface area contributed by atoms with Gasteiger partial charge in [-0.05, 0) is 12.1 Å². The number of nitrogens with zero attached hydrogens (tertiary/aromatic N) is 1. The minimum absolute atomic E-state index is 0.245. The van der Waals surface area contributed by atoms with Crippen LogP contribution in [0.4, 0.5) is 13.2 Å². The molecule has 0 radical (unpaired) electrons. The Balaban J connectivity index is 3.35. The van der Waals surface area contributed by atoms with Crippen molar-refractivity contribution in [1.29, 1.82) is 5.26 Å². The zero-order valence-electron chi connectivity index (χ0n) is 8.54. The van der Waals surface area contributed by atoms with Crippen molar-refractivity contribution in [1.82, 2.24) is 0 Å². The highest BCUT2D eigenvalue weighted by Gasteiger charge is 2.22. The number of ether oxygens (including phenoxy) is 2. The van der Waals surface area contributed by atoms with E-state index >= 15 is 0 Å². The minimum atomic E-state index is -3.24. The zero-order chi connectivity index (χ0) is 13.0. The Bertz CT molecular complexity index is 482. The standard InChI is InChI=1S/C10H6F3NO3/c1-16-9(15)8-6(11)2-5(4-14)3-7(8)17-10(12)13/h2-3,10H,1H3. The molecule has 90 valence electrons. The first-order chi connectivity index (χ1) is 7.99. The van der Waals surface area contributed by atoms with Crippen molar-refractivity contribution in [2.45, 2.75) is 6.61 Å². The Labute approximate surface area is 94.2 Å². The van der Waals surface area contributed by atoms with E-state index in [2.05, 4.69) is 9.47 Å². The second-order valence-electron chi connectivity index (χ2n) is 2.81. The topological polar surface area (TPSA) is 59.3 Å². The average Bonchev–Trinajstić information content (AvgIpc) is 2.26. The third-order valence-electron chi connectivity index (χ3n) is 1.79. The van der Waals surface area contributed by atoms with Crippen molar-refractivity contribution >= 4 is 5.97 Å². The van der Waals surface area contributed by atoms with E-state index in [9.17, 15) is 18.0 Å². The number of esters is 1. The molecule has 0 saturated carbocycles. The van der Waals surface area contributed by atoms with Gasteiger partial charge in [-0.2, -0.15) is 14.0 Å². The Morgan fingerprint density at radius 1 is 1.47 bits per heavy atom. The molecule has 0 fully saturated rings. The maximum atomic E-state index is 13.4. The summed E-state index contributed by atoms with van der Waals surface area (Å²) >= 11 is 0. The normalized spacial score (nSPS) is 9.88. The van der Waals surface area contributed by atoms with Gasteiger partial charge in [-0.15, -0.1) is 0 Å². The lowest BCUT2D eigenvalue weighted by atomic mass is 10.1. The monoisotopic (exact) mass is 245 g/mol. The summed E-state index contributed by atoms with van der Waals surface area (Å²) in [6.07, 6.45) is 0. The lowest BCUT2D eigenvalue weighted by Gasteiger charge is -2.10. The number of nitriles is 1. The summed E-state index contributed by atoms with van der Waals surface area (Å²) in [5.74, 6) is -3.06. The highest BCUT2D eigenvalue weighted by molar-refractivity contribution is 5.93. The SMILES string of the molecule is COC(=O)c1c(F)cc(C#N)cc1OC(F)F. The van der Waals surface area contributed by atoms with Crippen molar-refractivity contribution in [2.24, 2.45) is 0 Å². The lowest BCUT2D eigenvalue weighted by molar-refractivity contribution is -0.0506. The molecule has 0 aliphatic carbocycles. The van der Waals surface area contributed by atoms with Gasteiger partial charge in [-0.1, -0.05) is 0 Å². The summed E-state index contributed by atoms with van der Waals surface area (Å²) in [5, 5.41) is 8.53. The predicted octanol–water partition coefficient (Wildman–Crippen LogP) is 2.09. The van der Waals surface area contributed by atoms with Crippen LogP contribution in [0.2, 0.25) is 0 Å². The first-order valence-corrected chi connectivity index (χ1v) is 4.26. The Hall–Kier alpha value is -2.23. The quantitative estimate of drug-likeness (QED) is 0.765. The van der Waals surface area contributed by atoms with E-state index in [-0.39, 0.29) is 5.56 Å². The number of rotatable bonds is 3. The summed E-state index contributed by atoms with van der Waals surface area (Å²) in [7, 11) is 0.964. The van der Waals surface area contributed by atoms with Gasteiger partial charge in [0, 0.05) is 0 Å². The summed E-state index contributed by atoms with van der Waals surface area (Å²) in [6.45, 7) is -3.24. The lowest BCUT2D eigenvalue weighted by Crippen LogP contribution is -2.11. The summed E-state index contributed by atoms with van der Waals surface area (Å²) in [6, 6.07) is 3.11. The molecule has 0 aromatic heterocycles. The fourth-order valence-corrected chi connectivity index (χ4v) is 1.14. The molecule has 4 nitrogen and oxygen atoms in total. The van der Waals surface area contributed by atoms with E-state index in [4.69, 9.17) is 5.26 Å². The van der Waals surface area contributed by atoms with Crippen molar-refractivity contribution in [3.8, 4) is 11.8 Å². The fraction of sp³-hybridized carbons (Fsp3) is 0.200. The molecule has 0 saturated heterocycles. The molecule has 0 atom stereocenters. The number of carbonyl (C=O) groups is 1. The van der Waals surface area contributed by atoms with Gasteiger partial charge >= 0.3 is 12.6 Å². The molecule has 0 bridgehead atoms. The number of hydrogen-bond acceptors (Lipinski definition) is 4. The van der Waals surface area contributed by atoms with Crippen molar-refractivity contribution < 1.29 is 27.4 Å². The molecule has 1 aromatic rings. The van der Waals surface area contributed by atoms with Crippen LogP contribution in [-0.2, 0) is 4.74 Å². The second kappa shape index (κ2) is 5.21. The zero-order valence-corrected chi connectivity index (χ0v) is 8.54. The number of benzene rings is 1. The first kappa shape index (κ1) is 12.8. The van der Waals surface area contributed by atoms with E-state index in [0.717, 1.165) is 19.2 Å². The first-order valence-electron chi connectivity index (χ1n) is 4.26. The van der Waals surface area contributed by atoms with Crippen LogP contribution in [0.3, 0.4) is 0 Å². The second-order valence-corrected chi connectivity index (χ2v) is 2.81. The van der Waals surface area contributed by atoms with E-state index in [1.54, 1.807) is 6.07 Å². The Kier molecular flexibility index (Phi) is 3.93. The van der Waals surface area contributed by atoms with Crippen LogP contribution in [-0.4, -0.2) is 19.7 Å². The van der Waals surface area contributed by atoms with Gasteiger partial charge < -0.3 is 9.47 Å². The van der Waals surface area contributed by atoms with Gasteiger partial charge in [0.15, 0.2) is 0 Å². The third-order valence-corrected chi connectivity index (χ3v) is 1.79. The maximum absolute atomic E-state index is 13.4. The highest BCUT2D eigenvalue weighted by atomic mass is 19.3. The summed E-state index contributed by atoms with van der Waals surface area (Å²) in [5.41, 5.74) is -1.02. The number of carbonyl (C=O) groups excluding carboxylic acids is 1. The van der Waals surface area contributed by atoms with Crippen molar-refractivity contribution in [2.75, 3.05) is 7.11 Å². The van der Waals surface area contributed by atoms with E-state index in [1.165, 1.54) is 0 Å². The van der Waals surface area contributed by atoms with Crippen LogP contribution in [0.5, 0.6) is 5.75 Å². The van der Waals surface area contributed by atoms with Gasteiger partial charge in [-0.25, -0.2) is 9.18 Å². The molecule has 0 spiro atoms.